The summed E-state index contributed by atoms with van der Waals surface area (Å²) < 4.78 is 8.06. The minimum atomic E-state index is 0. The van der Waals surface area contributed by atoms with Crippen LogP contribution in [0.3, 0.4) is 0 Å². The summed E-state index contributed by atoms with van der Waals surface area (Å²) in [6.45, 7) is 0. The van der Waals surface area contributed by atoms with Crippen molar-refractivity contribution in [1.82, 2.24) is 0 Å². The summed E-state index contributed by atoms with van der Waals surface area (Å²) in [5.41, 5.74) is 0. The molecule has 0 heterocycles. The van der Waals surface area contributed by atoms with Crippen molar-refractivity contribution >= 4 is 10.1 Å². The fraction of sp³-hybridized carbons (Fsp3) is 0. The van der Waals surface area contributed by atoms with Crippen LogP contribution in [0.5, 0.6) is 0 Å². The van der Waals surface area contributed by atoms with Gasteiger partial charge in [-0.1, -0.05) is 0 Å². The predicted molar refractivity (Wildman–Crippen MR) is 7.13 cm³/mol. The smallest absolute Gasteiger partial charge is 2.00 e. The Morgan fingerprint density at radius 1 is 1.20 bits per heavy atom. The maximum atomic E-state index is 8.06. The Morgan fingerprint density at radius 2 is 1.20 bits per heavy atom. The second kappa shape index (κ2) is 46.3. The van der Waals surface area contributed by atoms with E-state index >= 15 is 0 Å². The van der Waals surface area contributed by atoms with Gasteiger partial charge in [0.15, 0.2) is 0 Å². The van der Waals surface area contributed by atoms with Gasteiger partial charge in [-0.25, -0.2) is 0 Å². The predicted octanol–water partition coefficient (Wildman–Crippen LogP) is -0.623. The van der Waals surface area contributed by atoms with Crippen molar-refractivity contribution in [2.75, 3.05) is 0 Å². The Kier molecular flexibility index (Phi) is 283. The molecule has 0 rings (SSSR count). The van der Waals surface area contributed by atoms with Crippen molar-refractivity contribution in [3.63, 3.8) is 0 Å². The van der Waals surface area contributed by atoms with E-state index in [1.54, 1.807) is 10.1 Å². The van der Waals surface area contributed by atoms with E-state index in [4.69, 9.17) is 4.46 Å². The molecule has 0 bridgehead atoms. The molecule has 0 spiro atoms. The van der Waals surface area contributed by atoms with E-state index < -0.39 is 0 Å². The largest absolute Gasteiger partial charge is 4.00 e. The van der Waals surface area contributed by atoms with Gasteiger partial charge in [0.05, 0.1) is 0 Å². The molecule has 5 heteroatoms. The summed E-state index contributed by atoms with van der Waals surface area (Å²) >= 11 is 0. The van der Waals surface area contributed by atoms with Crippen molar-refractivity contribution < 1.29 is 58.5 Å². The van der Waals surface area contributed by atoms with Crippen molar-refractivity contribution in [2.24, 2.45) is 0 Å². The monoisotopic (exact) mass is 257 g/mol. The molecular weight excluding hydrogens is 259 g/mol. The zero-order valence-corrected chi connectivity index (χ0v) is 7.06. The third kappa shape index (κ3) is 28.3. The zero-order valence-electron chi connectivity index (χ0n) is 2.12. The molecule has 0 radical (unpaired) electrons. The third-order valence-electron chi connectivity index (χ3n) is 0. The standard InChI is InChI=1S/Ag.OSi.O.Zr/c;1-2;;/q+1;+2;-2;+4. The van der Waals surface area contributed by atoms with Crippen molar-refractivity contribution in [1.29, 1.82) is 0 Å². The maximum absolute atomic E-state index is 8.06. The molecule has 5 heavy (non-hydrogen) atoms. The first-order valence-electron chi connectivity index (χ1n) is 0.204. The quantitative estimate of drug-likeness (QED) is 0.535. The average molecular weight is 259 g/mol. The van der Waals surface area contributed by atoms with Crippen molar-refractivity contribution in [2.45, 2.75) is 0 Å². The molecule has 0 unspecified atom stereocenters. The van der Waals surface area contributed by atoms with Gasteiger partial charge in [-0.3, -0.25) is 0 Å². The molecule has 2 nitrogen and oxygen atoms in total. The van der Waals surface area contributed by atoms with Crippen LogP contribution in [0, 0.1) is 0 Å². The van der Waals surface area contributed by atoms with Gasteiger partial charge in [-0.15, -0.1) is 0 Å². The molecule has 0 amide bonds. The molecule has 0 aromatic rings. The summed E-state index contributed by atoms with van der Waals surface area (Å²) in [5.74, 6) is 0. The summed E-state index contributed by atoms with van der Waals surface area (Å²) in [5, 5.41) is 0. The SMILES string of the molecule is O=[Si+2].[Ag+].[O-2].[Zr+4]. The molecule has 0 fully saturated rings. The maximum Gasteiger partial charge on any atom is 4.00 e. The first-order valence-corrected chi connectivity index (χ1v) is 0.612. The van der Waals surface area contributed by atoms with Gasteiger partial charge in [0.25, 0.3) is 0 Å². The zero-order chi connectivity index (χ0) is 2.00. The molecular formula is AgO2SiZr+5. The second-order valence-corrected chi connectivity index (χ2v) is 0. The van der Waals surface area contributed by atoms with E-state index in [0.29, 0.717) is 0 Å². The van der Waals surface area contributed by atoms with Crippen LogP contribution in [0.2, 0.25) is 0 Å². The molecule has 0 aromatic carbocycles. The van der Waals surface area contributed by atoms with Crippen LogP contribution in [0.25, 0.3) is 0 Å². The summed E-state index contributed by atoms with van der Waals surface area (Å²) in [7, 11) is 1.72. The van der Waals surface area contributed by atoms with E-state index in [9.17, 15) is 0 Å². The number of hydrogen-bond acceptors (Lipinski definition) is 1. The van der Waals surface area contributed by atoms with Gasteiger partial charge in [0.1, 0.15) is 0 Å². The molecule has 0 aliphatic rings. The van der Waals surface area contributed by atoms with Crippen LogP contribution in [0.15, 0.2) is 0 Å². The Labute approximate surface area is 68.1 Å². The topological polar surface area (TPSA) is 45.6 Å². The van der Waals surface area contributed by atoms with Crippen LogP contribution >= 0.6 is 0 Å². The Bertz CT molecular complexity index is 9.61. The van der Waals surface area contributed by atoms with E-state index in [2.05, 4.69) is 0 Å². The van der Waals surface area contributed by atoms with Gasteiger partial charge >= 0.3 is 63.2 Å². The molecule has 0 aromatic heterocycles. The first kappa shape index (κ1) is 30.6. The van der Waals surface area contributed by atoms with Gasteiger partial charge < -0.3 is 5.48 Å². The minimum Gasteiger partial charge on any atom is -2.00 e. The molecule has 0 aliphatic heterocycles. The summed E-state index contributed by atoms with van der Waals surface area (Å²) in [4.78, 5) is 0. The fourth-order valence-corrected chi connectivity index (χ4v) is 0. The molecule has 0 atom stereocenters. The van der Waals surface area contributed by atoms with Gasteiger partial charge in [0.2, 0.25) is 0 Å². The van der Waals surface area contributed by atoms with E-state index in [0.717, 1.165) is 0 Å². The van der Waals surface area contributed by atoms with Crippen molar-refractivity contribution in [3.05, 3.63) is 0 Å². The molecule has 0 N–H and O–H groups in total. The fourth-order valence-electron chi connectivity index (χ4n) is 0. The Hall–Kier alpha value is 1.60. The van der Waals surface area contributed by atoms with Gasteiger partial charge in [-0.2, -0.15) is 0 Å². The van der Waals surface area contributed by atoms with Crippen LogP contribution in [0.1, 0.15) is 0 Å². The van der Waals surface area contributed by atoms with Crippen LogP contribution in [-0.2, 0) is 58.5 Å². The van der Waals surface area contributed by atoms with Gasteiger partial charge in [0, 0.05) is 0 Å². The third-order valence-corrected chi connectivity index (χ3v) is 0. The Morgan fingerprint density at radius 3 is 1.20 bits per heavy atom. The molecule has 0 aliphatic carbocycles. The Balaban J connectivity index is -0.00000000167. The first-order chi connectivity index (χ1) is 1.00. The molecule has 0 saturated carbocycles. The summed E-state index contributed by atoms with van der Waals surface area (Å²) in [6, 6.07) is 0. The van der Waals surface area contributed by atoms with E-state index in [1.807, 2.05) is 0 Å². The number of hydrogen-bond donors (Lipinski definition) is 0. The summed E-state index contributed by atoms with van der Waals surface area (Å²) in [6.07, 6.45) is 0. The number of rotatable bonds is 0. The molecule has 0 saturated heterocycles. The van der Waals surface area contributed by atoms with E-state index in [-0.39, 0.29) is 54.1 Å². The van der Waals surface area contributed by atoms with E-state index in [1.165, 1.54) is 0 Å². The minimum absolute atomic E-state index is 0. The van der Waals surface area contributed by atoms with Crippen LogP contribution < -0.4 is 0 Å². The molecule has 26 valence electrons. The van der Waals surface area contributed by atoms with Crippen molar-refractivity contribution in [3.8, 4) is 0 Å². The van der Waals surface area contributed by atoms with Gasteiger partial charge in [-0.05, 0) is 0 Å². The van der Waals surface area contributed by atoms with Crippen LogP contribution in [0.4, 0.5) is 0 Å². The second-order valence-electron chi connectivity index (χ2n) is 0. The normalized spacial score (nSPS) is 1.20. The average Bonchev–Trinajstić information content (AvgIpc) is 1.00. The van der Waals surface area contributed by atoms with Crippen LogP contribution in [-0.4, -0.2) is 10.1 Å².